The molecule has 2 N–H and O–H groups in total. The number of carbonyl (C=O) groups is 1. The van der Waals surface area contributed by atoms with Crippen molar-refractivity contribution in [1.29, 1.82) is 0 Å². The van der Waals surface area contributed by atoms with Gasteiger partial charge in [0.1, 0.15) is 11.5 Å². The Kier molecular flexibility index (Phi) is 5.40. The fourth-order valence-electron chi connectivity index (χ4n) is 2.56. The van der Waals surface area contributed by atoms with E-state index in [4.69, 9.17) is 9.47 Å². The van der Waals surface area contributed by atoms with Crippen molar-refractivity contribution in [2.45, 2.75) is 19.4 Å². The number of ether oxygens (including phenoxy) is 2. The number of carbonyl (C=O) groups excluding carboxylic acids is 1. The van der Waals surface area contributed by atoms with E-state index in [1.807, 2.05) is 37.3 Å². The number of hydrogen-bond donors (Lipinski definition) is 2. The normalized spacial score (nSPS) is 17.3. The summed E-state index contributed by atoms with van der Waals surface area (Å²) in [4.78, 5) is 16.1. The summed E-state index contributed by atoms with van der Waals surface area (Å²) < 4.78 is 11.1. The smallest absolute Gasteiger partial charge is 0.226 e. The van der Waals surface area contributed by atoms with Gasteiger partial charge in [-0.25, -0.2) is 0 Å². The van der Waals surface area contributed by atoms with Crippen LogP contribution < -0.4 is 15.4 Å². The van der Waals surface area contributed by atoms with Crippen molar-refractivity contribution in [2.24, 2.45) is 0 Å². The summed E-state index contributed by atoms with van der Waals surface area (Å²) in [6, 6.07) is 9.33. The van der Waals surface area contributed by atoms with Crippen LogP contribution in [-0.4, -0.2) is 36.7 Å². The molecular formula is C18H21N3O3. The number of nitrogens with zero attached hydrogens (tertiary/aromatic N) is 1. The summed E-state index contributed by atoms with van der Waals surface area (Å²) in [6.45, 7) is 4.01. The zero-order valence-corrected chi connectivity index (χ0v) is 13.6. The van der Waals surface area contributed by atoms with Crippen LogP contribution in [0.15, 0.2) is 42.7 Å². The summed E-state index contributed by atoms with van der Waals surface area (Å²) in [7, 11) is 0. The van der Waals surface area contributed by atoms with Gasteiger partial charge in [-0.15, -0.1) is 0 Å². The number of amides is 1. The van der Waals surface area contributed by atoms with Crippen LogP contribution in [0, 0.1) is 6.92 Å². The van der Waals surface area contributed by atoms with Crippen LogP contribution in [-0.2, 0) is 9.53 Å². The van der Waals surface area contributed by atoms with Crippen molar-refractivity contribution in [2.75, 3.05) is 25.1 Å². The van der Waals surface area contributed by atoms with Crippen LogP contribution in [0.3, 0.4) is 0 Å². The number of rotatable bonds is 5. The molecule has 1 amide bonds. The number of nitrogens with one attached hydrogen (secondary N) is 2. The molecule has 0 bridgehead atoms. The zero-order chi connectivity index (χ0) is 16.8. The molecule has 0 aliphatic carbocycles. The molecule has 1 aromatic heterocycles. The Bertz CT molecular complexity index is 685. The van der Waals surface area contributed by atoms with E-state index in [9.17, 15) is 4.79 Å². The maximum Gasteiger partial charge on any atom is 0.226 e. The molecule has 1 aliphatic heterocycles. The molecular weight excluding hydrogens is 306 g/mol. The number of benzene rings is 1. The SMILES string of the molecule is Cc1cc(NC(=O)CC2COCCN2)ccc1Oc1cccnc1. The molecule has 126 valence electrons. The third-order valence-electron chi connectivity index (χ3n) is 3.75. The molecule has 0 spiro atoms. The number of anilines is 1. The van der Waals surface area contributed by atoms with Crippen LogP contribution in [0.1, 0.15) is 12.0 Å². The standard InChI is InChI=1S/C18H21N3O3/c1-13-9-14(21-18(22)10-15-12-23-8-7-20-15)4-5-17(13)24-16-3-2-6-19-11-16/h2-6,9,11,15,20H,7-8,10,12H2,1H3,(H,21,22). The van der Waals surface area contributed by atoms with Crippen molar-refractivity contribution in [3.05, 3.63) is 48.3 Å². The molecule has 1 unspecified atom stereocenters. The molecule has 1 aromatic carbocycles. The Morgan fingerprint density at radius 2 is 2.38 bits per heavy atom. The minimum atomic E-state index is -0.0293. The first-order chi connectivity index (χ1) is 11.7. The maximum atomic E-state index is 12.1. The van der Waals surface area contributed by atoms with Gasteiger partial charge >= 0.3 is 0 Å². The second-order valence-electron chi connectivity index (χ2n) is 5.75. The van der Waals surface area contributed by atoms with Gasteiger partial charge in [-0.2, -0.15) is 0 Å². The highest BCUT2D eigenvalue weighted by Crippen LogP contribution is 2.26. The lowest BCUT2D eigenvalue weighted by molar-refractivity contribution is -0.117. The number of aromatic nitrogens is 1. The number of aryl methyl sites for hydroxylation is 1. The van der Waals surface area contributed by atoms with Gasteiger partial charge < -0.3 is 20.1 Å². The third-order valence-corrected chi connectivity index (χ3v) is 3.75. The first kappa shape index (κ1) is 16.4. The van der Waals surface area contributed by atoms with Gasteiger partial charge in [-0.3, -0.25) is 9.78 Å². The Morgan fingerprint density at radius 3 is 3.08 bits per heavy atom. The monoisotopic (exact) mass is 327 g/mol. The highest BCUT2D eigenvalue weighted by Gasteiger charge is 2.17. The van der Waals surface area contributed by atoms with E-state index in [-0.39, 0.29) is 11.9 Å². The lowest BCUT2D eigenvalue weighted by Gasteiger charge is -2.23. The van der Waals surface area contributed by atoms with Gasteiger partial charge in [0.15, 0.2) is 0 Å². The van der Waals surface area contributed by atoms with Crippen molar-refractivity contribution in [3.63, 3.8) is 0 Å². The Hall–Kier alpha value is -2.44. The van der Waals surface area contributed by atoms with Crippen LogP contribution in [0.25, 0.3) is 0 Å². The molecule has 1 fully saturated rings. The van der Waals surface area contributed by atoms with Gasteiger partial charge in [-0.1, -0.05) is 0 Å². The Labute approximate surface area is 141 Å². The predicted molar refractivity (Wildman–Crippen MR) is 91.3 cm³/mol. The molecule has 0 radical (unpaired) electrons. The zero-order valence-electron chi connectivity index (χ0n) is 13.6. The molecule has 1 atom stereocenters. The maximum absolute atomic E-state index is 12.1. The fourth-order valence-corrected chi connectivity index (χ4v) is 2.56. The molecule has 6 nitrogen and oxygen atoms in total. The summed E-state index contributed by atoms with van der Waals surface area (Å²) in [5, 5.41) is 6.19. The minimum Gasteiger partial charge on any atom is -0.455 e. The molecule has 1 saturated heterocycles. The van der Waals surface area contributed by atoms with Crippen LogP contribution in [0.2, 0.25) is 0 Å². The summed E-state index contributed by atoms with van der Waals surface area (Å²) >= 11 is 0. The quantitative estimate of drug-likeness (QED) is 0.883. The van der Waals surface area contributed by atoms with E-state index in [1.54, 1.807) is 12.4 Å². The van der Waals surface area contributed by atoms with E-state index in [0.29, 0.717) is 25.4 Å². The predicted octanol–water partition coefficient (Wildman–Crippen LogP) is 2.50. The summed E-state index contributed by atoms with van der Waals surface area (Å²) in [6.07, 6.45) is 3.76. The highest BCUT2D eigenvalue weighted by atomic mass is 16.5. The molecule has 3 rings (SSSR count). The van der Waals surface area contributed by atoms with Gasteiger partial charge in [-0.05, 0) is 42.8 Å². The van der Waals surface area contributed by atoms with Crippen molar-refractivity contribution >= 4 is 11.6 Å². The molecule has 0 saturated carbocycles. The van der Waals surface area contributed by atoms with Crippen LogP contribution in [0.4, 0.5) is 5.69 Å². The highest BCUT2D eigenvalue weighted by molar-refractivity contribution is 5.91. The second-order valence-corrected chi connectivity index (χ2v) is 5.75. The number of morpholine rings is 1. The van der Waals surface area contributed by atoms with Gasteiger partial charge in [0.05, 0.1) is 19.4 Å². The first-order valence-electron chi connectivity index (χ1n) is 8.00. The lowest BCUT2D eigenvalue weighted by atomic mass is 10.1. The van der Waals surface area contributed by atoms with E-state index in [2.05, 4.69) is 15.6 Å². The second kappa shape index (κ2) is 7.90. The van der Waals surface area contributed by atoms with Crippen molar-refractivity contribution in [1.82, 2.24) is 10.3 Å². The number of hydrogen-bond acceptors (Lipinski definition) is 5. The van der Waals surface area contributed by atoms with E-state index < -0.39 is 0 Å². The molecule has 2 aromatic rings. The number of pyridine rings is 1. The van der Waals surface area contributed by atoms with Crippen molar-refractivity contribution in [3.8, 4) is 11.5 Å². The molecule has 2 heterocycles. The van der Waals surface area contributed by atoms with Crippen molar-refractivity contribution < 1.29 is 14.3 Å². The molecule has 24 heavy (non-hydrogen) atoms. The Morgan fingerprint density at radius 1 is 1.46 bits per heavy atom. The van der Waals surface area contributed by atoms with E-state index >= 15 is 0 Å². The average molecular weight is 327 g/mol. The first-order valence-corrected chi connectivity index (χ1v) is 8.00. The fraction of sp³-hybridized carbons (Fsp3) is 0.333. The van der Waals surface area contributed by atoms with Crippen LogP contribution >= 0.6 is 0 Å². The average Bonchev–Trinajstić information content (AvgIpc) is 2.59. The topological polar surface area (TPSA) is 72.5 Å². The van der Waals surface area contributed by atoms with E-state index in [0.717, 1.165) is 23.5 Å². The van der Waals surface area contributed by atoms with E-state index in [1.165, 1.54) is 0 Å². The Balaban J connectivity index is 1.58. The van der Waals surface area contributed by atoms with Gasteiger partial charge in [0.25, 0.3) is 0 Å². The minimum absolute atomic E-state index is 0.0293. The summed E-state index contributed by atoms with van der Waals surface area (Å²) in [5.41, 5.74) is 1.70. The molecule has 6 heteroatoms. The summed E-state index contributed by atoms with van der Waals surface area (Å²) in [5.74, 6) is 1.39. The third kappa shape index (κ3) is 4.53. The molecule has 1 aliphatic rings. The van der Waals surface area contributed by atoms with Gasteiger partial charge in [0.2, 0.25) is 5.91 Å². The van der Waals surface area contributed by atoms with Crippen LogP contribution in [0.5, 0.6) is 11.5 Å². The lowest BCUT2D eigenvalue weighted by Crippen LogP contribution is -2.43. The van der Waals surface area contributed by atoms with Gasteiger partial charge in [0, 0.05) is 30.9 Å². The largest absolute Gasteiger partial charge is 0.455 e.